The first-order chi connectivity index (χ1) is 15.8. The van der Waals surface area contributed by atoms with Crippen LogP contribution in [-0.2, 0) is 4.74 Å². The molecule has 0 bridgehead atoms. The Morgan fingerprint density at radius 3 is 2.48 bits per heavy atom. The number of rotatable bonds is 7. The van der Waals surface area contributed by atoms with Crippen LogP contribution in [0, 0.1) is 0 Å². The highest BCUT2D eigenvalue weighted by Crippen LogP contribution is 2.26. The maximum Gasteiger partial charge on any atom is 0.409 e. The number of nitrogens with one attached hydrogen (secondary N) is 3. The fourth-order valence-electron chi connectivity index (χ4n) is 3.32. The molecule has 178 valence electrons. The number of H-pyrrole nitrogens is 1. The molecule has 0 unspecified atom stereocenters. The van der Waals surface area contributed by atoms with Gasteiger partial charge in [0.15, 0.2) is 0 Å². The average Bonchev–Trinajstić information content (AvgIpc) is 3.22. The molecule has 0 aliphatic carbocycles. The Bertz CT molecular complexity index is 984. The molecular formula is C21H26Cl2N6O4. The van der Waals surface area contributed by atoms with Gasteiger partial charge >= 0.3 is 6.09 Å². The van der Waals surface area contributed by atoms with Crippen molar-refractivity contribution < 1.29 is 19.1 Å². The lowest BCUT2D eigenvalue weighted by Gasteiger charge is -2.31. The van der Waals surface area contributed by atoms with Crippen molar-refractivity contribution >= 4 is 46.8 Å². The molecule has 1 fully saturated rings. The summed E-state index contributed by atoms with van der Waals surface area (Å²) in [5.74, 6) is -0.970. The predicted octanol–water partition coefficient (Wildman–Crippen LogP) is 2.86. The molecular weight excluding hydrogens is 471 g/mol. The molecule has 1 aromatic carbocycles. The number of anilines is 1. The molecule has 2 heterocycles. The van der Waals surface area contributed by atoms with Gasteiger partial charge in [-0.25, -0.2) is 4.79 Å². The number of likely N-dealkylation sites (tertiary alicyclic amines) is 1. The van der Waals surface area contributed by atoms with Crippen molar-refractivity contribution in [3.8, 4) is 0 Å². The topological polar surface area (TPSA) is 120 Å². The number of carbonyl (C=O) groups is 3. The lowest BCUT2D eigenvalue weighted by Crippen LogP contribution is -2.47. The number of likely N-dealkylation sites (N-methyl/N-ethyl adjacent to an activating group) is 1. The number of piperidine rings is 1. The zero-order chi connectivity index (χ0) is 24.0. The van der Waals surface area contributed by atoms with E-state index in [9.17, 15) is 14.4 Å². The van der Waals surface area contributed by atoms with E-state index >= 15 is 0 Å². The predicted molar refractivity (Wildman–Crippen MR) is 125 cm³/mol. The Morgan fingerprint density at radius 1 is 1.18 bits per heavy atom. The van der Waals surface area contributed by atoms with E-state index in [1.807, 2.05) is 19.0 Å². The summed E-state index contributed by atoms with van der Waals surface area (Å²) in [7, 11) is 3.81. The fraction of sp³-hybridized carbons (Fsp3) is 0.429. The molecule has 1 aliphatic heterocycles. The summed E-state index contributed by atoms with van der Waals surface area (Å²) in [5.41, 5.74) is 0.422. The van der Waals surface area contributed by atoms with Gasteiger partial charge < -0.3 is 25.2 Å². The standard InChI is InChI=1S/C21H26Cl2N6O4/c1-28(2)10-11-33-21(32)29-8-6-13(7-9-29)25-20(31)18-16(12-24-27-18)26-19(30)17-14(22)4-3-5-15(17)23/h3-5,12-13H,6-11H2,1-2H3,(H,24,27)(H,25,31)(H,26,30). The SMILES string of the molecule is CN(C)CCOC(=O)N1CCC(NC(=O)c2[nH]ncc2NC(=O)c2c(Cl)cccc2Cl)CC1. The second kappa shape index (κ2) is 11.4. The molecule has 0 radical (unpaired) electrons. The number of hydrogen-bond acceptors (Lipinski definition) is 6. The molecule has 0 spiro atoms. The number of ether oxygens (including phenoxy) is 1. The summed E-state index contributed by atoms with van der Waals surface area (Å²) in [6.45, 7) is 1.94. The van der Waals surface area contributed by atoms with Gasteiger partial charge in [-0.2, -0.15) is 5.10 Å². The van der Waals surface area contributed by atoms with Crippen LogP contribution in [0.2, 0.25) is 10.0 Å². The molecule has 0 atom stereocenters. The van der Waals surface area contributed by atoms with E-state index in [2.05, 4.69) is 20.8 Å². The maximum absolute atomic E-state index is 12.8. The maximum atomic E-state index is 12.8. The largest absolute Gasteiger partial charge is 0.448 e. The number of hydrogen-bond donors (Lipinski definition) is 3. The Balaban J connectivity index is 1.53. The Hall–Kier alpha value is -2.82. The molecule has 10 nitrogen and oxygen atoms in total. The first-order valence-corrected chi connectivity index (χ1v) is 11.2. The van der Waals surface area contributed by atoms with Gasteiger partial charge in [0.2, 0.25) is 0 Å². The normalized spacial score (nSPS) is 14.3. The first-order valence-electron chi connectivity index (χ1n) is 10.4. The summed E-state index contributed by atoms with van der Waals surface area (Å²) in [4.78, 5) is 41.1. The number of benzene rings is 1. The zero-order valence-electron chi connectivity index (χ0n) is 18.4. The van der Waals surface area contributed by atoms with Crippen LogP contribution in [-0.4, -0.2) is 84.3 Å². The molecule has 33 heavy (non-hydrogen) atoms. The van der Waals surface area contributed by atoms with E-state index in [0.29, 0.717) is 39.1 Å². The minimum absolute atomic E-state index is 0.108. The molecule has 1 aromatic heterocycles. The van der Waals surface area contributed by atoms with Gasteiger partial charge in [-0.15, -0.1) is 0 Å². The number of amides is 3. The molecule has 3 amide bonds. The van der Waals surface area contributed by atoms with E-state index < -0.39 is 11.8 Å². The molecule has 1 aliphatic rings. The Labute approximate surface area is 201 Å². The fourth-order valence-corrected chi connectivity index (χ4v) is 3.89. The van der Waals surface area contributed by atoms with Crippen molar-refractivity contribution in [1.29, 1.82) is 0 Å². The number of aromatic nitrogens is 2. The van der Waals surface area contributed by atoms with Gasteiger partial charge in [0, 0.05) is 25.7 Å². The highest BCUT2D eigenvalue weighted by atomic mass is 35.5. The van der Waals surface area contributed by atoms with Crippen molar-refractivity contribution in [3.05, 3.63) is 45.7 Å². The van der Waals surface area contributed by atoms with E-state index in [1.165, 1.54) is 6.20 Å². The first kappa shape index (κ1) is 24.8. The smallest absolute Gasteiger partial charge is 0.409 e. The molecule has 3 N–H and O–H groups in total. The second-order valence-corrected chi connectivity index (χ2v) is 8.68. The third kappa shape index (κ3) is 6.59. The number of nitrogens with zero attached hydrogens (tertiary/aromatic N) is 3. The number of carbonyl (C=O) groups excluding carboxylic acids is 3. The van der Waals surface area contributed by atoms with E-state index in [4.69, 9.17) is 27.9 Å². The van der Waals surface area contributed by atoms with Crippen LogP contribution in [0.1, 0.15) is 33.7 Å². The van der Waals surface area contributed by atoms with Gasteiger partial charge in [-0.3, -0.25) is 14.7 Å². The average molecular weight is 497 g/mol. The summed E-state index contributed by atoms with van der Waals surface area (Å²) in [6, 6.07) is 4.60. The monoisotopic (exact) mass is 496 g/mol. The summed E-state index contributed by atoms with van der Waals surface area (Å²) in [5, 5.41) is 12.4. The molecule has 3 rings (SSSR count). The van der Waals surface area contributed by atoms with Gasteiger partial charge in [0.1, 0.15) is 12.3 Å². The highest BCUT2D eigenvalue weighted by molar-refractivity contribution is 6.40. The Kier molecular flexibility index (Phi) is 8.54. The third-order valence-corrected chi connectivity index (χ3v) is 5.79. The van der Waals surface area contributed by atoms with Gasteiger partial charge in [-0.05, 0) is 39.1 Å². The quantitative estimate of drug-likeness (QED) is 0.541. The number of aromatic amines is 1. The summed E-state index contributed by atoms with van der Waals surface area (Å²) in [6.07, 6.45) is 2.15. The minimum atomic E-state index is -0.554. The lowest BCUT2D eigenvalue weighted by molar-refractivity contribution is 0.0811. The van der Waals surface area contributed by atoms with Crippen LogP contribution in [0.4, 0.5) is 10.5 Å². The Morgan fingerprint density at radius 2 is 1.85 bits per heavy atom. The van der Waals surface area contributed by atoms with Crippen molar-refractivity contribution in [1.82, 2.24) is 25.3 Å². The van der Waals surface area contributed by atoms with E-state index in [-0.39, 0.29) is 39.1 Å². The van der Waals surface area contributed by atoms with E-state index in [0.717, 1.165) is 0 Å². The van der Waals surface area contributed by atoms with Gasteiger partial charge in [0.05, 0.1) is 27.5 Å². The molecule has 2 aromatic rings. The van der Waals surface area contributed by atoms with Crippen LogP contribution < -0.4 is 10.6 Å². The van der Waals surface area contributed by atoms with Crippen molar-refractivity contribution in [2.75, 3.05) is 45.7 Å². The summed E-state index contributed by atoms with van der Waals surface area (Å²) >= 11 is 12.2. The van der Waals surface area contributed by atoms with Crippen LogP contribution >= 0.6 is 23.2 Å². The van der Waals surface area contributed by atoms with Crippen LogP contribution in [0.15, 0.2) is 24.4 Å². The third-order valence-electron chi connectivity index (χ3n) is 5.16. The summed E-state index contributed by atoms with van der Waals surface area (Å²) < 4.78 is 5.26. The van der Waals surface area contributed by atoms with Crippen LogP contribution in [0.3, 0.4) is 0 Å². The van der Waals surface area contributed by atoms with Crippen LogP contribution in [0.25, 0.3) is 0 Å². The minimum Gasteiger partial charge on any atom is -0.448 e. The van der Waals surface area contributed by atoms with Crippen molar-refractivity contribution in [2.24, 2.45) is 0 Å². The van der Waals surface area contributed by atoms with Crippen LogP contribution in [0.5, 0.6) is 0 Å². The zero-order valence-corrected chi connectivity index (χ0v) is 19.9. The van der Waals surface area contributed by atoms with Gasteiger partial charge in [-0.1, -0.05) is 29.3 Å². The lowest BCUT2D eigenvalue weighted by atomic mass is 10.1. The van der Waals surface area contributed by atoms with Crippen molar-refractivity contribution in [3.63, 3.8) is 0 Å². The molecule has 12 heteroatoms. The second-order valence-electron chi connectivity index (χ2n) is 7.86. The van der Waals surface area contributed by atoms with Gasteiger partial charge in [0.25, 0.3) is 11.8 Å². The molecule has 0 saturated carbocycles. The number of halogens is 2. The highest BCUT2D eigenvalue weighted by Gasteiger charge is 2.27. The molecule has 1 saturated heterocycles. The van der Waals surface area contributed by atoms with E-state index in [1.54, 1.807) is 23.1 Å². The van der Waals surface area contributed by atoms with Crippen molar-refractivity contribution in [2.45, 2.75) is 18.9 Å².